The zero-order valence-electron chi connectivity index (χ0n) is 10.0. The van der Waals surface area contributed by atoms with Crippen molar-refractivity contribution in [1.29, 1.82) is 0 Å². The molecule has 0 saturated heterocycles. The van der Waals surface area contributed by atoms with Crippen LogP contribution < -0.4 is 10.9 Å². The monoisotopic (exact) mass is 247 g/mol. The Morgan fingerprint density at radius 1 is 1.33 bits per heavy atom. The first kappa shape index (κ1) is 12.4. The Balaban J connectivity index is 2.28. The summed E-state index contributed by atoms with van der Waals surface area (Å²) in [6, 6.07) is 5.84. The molecule has 0 atom stereocenters. The van der Waals surface area contributed by atoms with Crippen LogP contribution in [0, 0.1) is 5.82 Å². The molecule has 0 bridgehead atoms. The van der Waals surface area contributed by atoms with E-state index in [9.17, 15) is 9.18 Å². The van der Waals surface area contributed by atoms with Crippen LogP contribution in [0.2, 0.25) is 0 Å². The van der Waals surface area contributed by atoms with Gasteiger partial charge in [-0.3, -0.25) is 4.79 Å². The summed E-state index contributed by atoms with van der Waals surface area (Å²) in [7, 11) is 1.83. The third kappa shape index (κ3) is 2.81. The van der Waals surface area contributed by atoms with Crippen molar-refractivity contribution in [3.8, 4) is 11.4 Å². The van der Waals surface area contributed by atoms with Crippen molar-refractivity contribution in [3.05, 3.63) is 52.2 Å². The van der Waals surface area contributed by atoms with Crippen LogP contribution >= 0.6 is 0 Å². The highest BCUT2D eigenvalue weighted by Gasteiger charge is 2.04. The van der Waals surface area contributed by atoms with Gasteiger partial charge in [-0.05, 0) is 44.3 Å². The zero-order chi connectivity index (χ0) is 13.0. The van der Waals surface area contributed by atoms with Crippen LogP contribution in [0.3, 0.4) is 0 Å². The second-order valence-corrected chi connectivity index (χ2v) is 3.95. The normalized spacial score (nSPS) is 10.6. The Labute approximate surface area is 104 Å². The summed E-state index contributed by atoms with van der Waals surface area (Å²) >= 11 is 0. The van der Waals surface area contributed by atoms with E-state index < -0.39 is 0 Å². The summed E-state index contributed by atoms with van der Waals surface area (Å²) in [4.78, 5) is 18.7. The topological polar surface area (TPSA) is 57.8 Å². The minimum Gasteiger partial charge on any atom is -0.319 e. The quantitative estimate of drug-likeness (QED) is 0.857. The number of hydrogen-bond acceptors (Lipinski definition) is 3. The number of hydrogen-bond donors (Lipinski definition) is 2. The van der Waals surface area contributed by atoms with E-state index >= 15 is 0 Å². The van der Waals surface area contributed by atoms with Crippen molar-refractivity contribution in [1.82, 2.24) is 15.3 Å². The molecule has 0 saturated carbocycles. The molecular formula is C13H14FN3O. The lowest BCUT2D eigenvalue weighted by Crippen LogP contribution is -2.19. The summed E-state index contributed by atoms with van der Waals surface area (Å²) in [5, 5.41) is 2.97. The van der Waals surface area contributed by atoms with Gasteiger partial charge in [0.05, 0.1) is 0 Å². The average molecular weight is 247 g/mol. The highest BCUT2D eigenvalue weighted by molar-refractivity contribution is 5.54. The van der Waals surface area contributed by atoms with Crippen molar-refractivity contribution < 1.29 is 4.39 Å². The molecule has 0 fully saturated rings. The molecule has 1 heterocycles. The van der Waals surface area contributed by atoms with E-state index in [1.54, 1.807) is 18.3 Å². The van der Waals surface area contributed by atoms with E-state index in [4.69, 9.17) is 0 Å². The number of likely N-dealkylation sites (N-methyl/N-ethyl adjacent to an activating group) is 1. The fourth-order valence-corrected chi connectivity index (χ4v) is 1.61. The van der Waals surface area contributed by atoms with Gasteiger partial charge in [0, 0.05) is 17.3 Å². The number of nitrogens with one attached hydrogen (secondary N) is 2. The van der Waals surface area contributed by atoms with Gasteiger partial charge in [-0.2, -0.15) is 0 Å². The van der Waals surface area contributed by atoms with E-state index in [0.29, 0.717) is 23.4 Å². The fourth-order valence-electron chi connectivity index (χ4n) is 1.61. The van der Waals surface area contributed by atoms with Crippen LogP contribution in [0.1, 0.15) is 5.56 Å². The minimum absolute atomic E-state index is 0.153. The second-order valence-electron chi connectivity index (χ2n) is 3.95. The van der Waals surface area contributed by atoms with Gasteiger partial charge >= 0.3 is 0 Å². The molecule has 0 spiro atoms. The third-order valence-corrected chi connectivity index (χ3v) is 2.64. The summed E-state index contributed by atoms with van der Waals surface area (Å²) in [6.45, 7) is 0.723. The molecular weight excluding hydrogens is 233 g/mol. The van der Waals surface area contributed by atoms with Crippen LogP contribution in [0.15, 0.2) is 35.3 Å². The molecule has 2 rings (SSSR count). The predicted molar refractivity (Wildman–Crippen MR) is 67.9 cm³/mol. The lowest BCUT2D eigenvalue weighted by Gasteiger charge is -2.03. The summed E-state index contributed by atoms with van der Waals surface area (Å²) in [5.74, 6) is 0.139. The maximum absolute atomic E-state index is 12.8. The van der Waals surface area contributed by atoms with E-state index in [-0.39, 0.29) is 11.4 Å². The Hall–Kier alpha value is -2.01. The number of H-pyrrole nitrogens is 1. The van der Waals surface area contributed by atoms with E-state index in [1.807, 2.05) is 7.05 Å². The number of rotatable bonds is 4. The Morgan fingerprint density at radius 2 is 2.06 bits per heavy atom. The minimum atomic E-state index is -0.313. The first-order chi connectivity index (χ1) is 8.70. The lowest BCUT2D eigenvalue weighted by molar-refractivity contribution is 0.628. The molecule has 1 aromatic heterocycles. The van der Waals surface area contributed by atoms with Crippen molar-refractivity contribution in [2.24, 2.45) is 0 Å². The van der Waals surface area contributed by atoms with E-state index in [1.165, 1.54) is 12.1 Å². The molecule has 5 heteroatoms. The predicted octanol–water partition coefficient (Wildman–Crippen LogP) is 1.34. The Bertz CT molecular complexity index is 578. The molecule has 2 N–H and O–H groups in total. The first-order valence-corrected chi connectivity index (χ1v) is 5.69. The van der Waals surface area contributed by atoms with Crippen molar-refractivity contribution in [2.75, 3.05) is 13.6 Å². The smallest absolute Gasteiger partial charge is 0.254 e. The number of nitrogens with zero attached hydrogens (tertiary/aromatic N) is 1. The van der Waals surface area contributed by atoms with Crippen molar-refractivity contribution in [2.45, 2.75) is 6.42 Å². The summed E-state index contributed by atoms with van der Waals surface area (Å²) in [6.07, 6.45) is 2.19. The SMILES string of the molecule is CNCCc1cnc(-c2ccc(F)cc2)[nH]c1=O. The van der Waals surface area contributed by atoms with Gasteiger partial charge in [-0.15, -0.1) is 0 Å². The highest BCUT2D eigenvalue weighted by Crippen LogP contribution is 2.13. The molecule has 94 valence electrons. The first-order valence-electron chi connectivity index (χ1n) is 5.69. The van der Waals surface area contributed by atoms with Gasteiger partial charge < -0.3 is 10.3 Å². The molecule has 0 aliphatic carbocycles. The van der Waals surface area contributed by atoms with E-state index in [2.05, 4.69) is 15.3 Å². The number of benzene rings is 1. The number of aromatic amines is 1. The molecule has 1 aromatic carbocycles. The van der Waals surface area contributed by atoms with Gasteiger partial charge in [-0.1, -0.05) is 0 Å². The maximum Gasteiger partial charge on any atom is 0.254 e. The van der Waals surface area contributed by atoms with E-state index in [0.717, 1.165) is 6.54 Å². The molecule has 0 unspecified atom stereocenters. The molecule has 0 radical (unpaired) electrons. The molecule has 4 nitrogen and oxygen atoms in total. The average Bonchev–Trinajstić information content (AvgIpc) is 2.38. The molecule has 18 heavy (non-hydrogen) atoms. The van der Waals surface area contributed by atoms with Crippen LogP contribution in [0.4, 0.5) is 4.39 Å². The standard InChI is InChI=1S/C13H14FN3O/c1-15-7-6-10-8-16-12(17-13(10)18)9-2-4-11(14)5-3-9/h2-5,8,15H,6-7H2,1H3,(H,16,17,18). The largest absolute Gasteiger partial charge is 0.319 e. The van der Waals surface area contributed by atoms with Gasteiger partial charge in [0.1, 0.15) is 11.6 Å². The summed E-state index contributed by atoms with van der Waals surface area (Å²) in [5.41, 5.74) is 1.17. The summed E-state index contributed by atoms with van der Waals surface area (Å²) < 4.78 is 12.8. The highest BCUT2D eigenvalue weighted by atomic mass is 19.1. The van der Waals surface area contributed by atoms with Crippen LogP contribution in [0.25, 0.3) is 11.4 Å². The number of aromatic nitrogens is 2. The van der Waals surface area contributed by atoms with Gasteiger partial charge in [0.15, 0.2) is 0 Å². The molecule has 2 aromatic rings. The van der Waals surface area contributed by atoms with Gasteiger partial charge in [0.2, 0.25) is 0 Å². The zero-order valence-corrected chi connectivity index (χ0v) is 10.0. The van der Waals surface area contributed by atoms with Gasteiger partial charge in [-0.25, -0.2) is 9.37 Å². The lowest BCUT2D eigenvalue weighted by atomic mass is 10.2. The molecule has 0 aliphatic rings. The second kappa shape index (κ2) is 5.55. The van der Waals surface area contributed by atoms with Crippen molar-refractivity contribution >= 4 is 0 Å². The third-order valence-electron chi connectivity index (χ3n) is 2.64. The maximum atomic E-state index is 12.8. The van der Waals surface area contributed by atoms with Crippen molar-refractivity contribution in [3.63, 3.8) is 0 Å². The number of halogens is 1. The molecule has 0 amide bonds. The van der Waals surface area contributed by atoms with Crippen LogP contribution in [0.5, 0.6) is 0 Å². The van der Waals surface area contributed by atoms with Crippen LogP contribution in [-0.4, -0.2) is 23.6 Å². The van der Waals surface area contributed by atoms with Gasteiger partial charge in [0.25, 0.3) is 5.56 Å². The van der Waals surface area contributed by atoms with Crippen LogP contribution in [-0.2, 0) is 6.42 Å². The molecule has 0 aliphatic heterocycles. The Morgan fingerprint density at radius 3 is 2.67 bits per heavy atom. The fraction of sp³-hybridized carbons (Fsp3) is 0.231. The Kier molecular flexibility index (Phi) is 3.84.